The second-order valence-corrected chi connectivity index (χ2v) is 5.74. The molecule has 0 aliphatic heterocycles. The van der Waals surface area contributed by atoms with E-state index in [1.54, 1.807) is 0 Å². The number of rotatable bonds is 4. The van der Waals surface area contributed by atoms with Gasteiger partial charge in [-0.25, -0.2) is 8.78 Å². The maximum atomic E-state index is 14.3. The fourth-order valence-electron chi connectivity index (χ4n) is 3.31. The number of hydrogen-bond acceptors (Lipinski definition) is 2. The van der Waals surface area contributed by atoms with Crippen molar-refractivity contribution < 1.29 is 18.8 Å². The van der Waals surface area contributed by atoms with Gasteiger partial charge in [-0.05, 0) is 49.1 Å². The van der Waals surface area contributed by atoms with Crippen LogP contribution in [-0.2, 0) is 0 Å². The smallest absolute Gasteiger partial charge is 0.423 e. The molecule has 0 spiro atoms. The lowest BCUT2D eigenvalue weighted by atomic mass is 9.73. The van der Waals surface area contributed by atoms with Gasteiger partial charge < -0.3 is 10.0 Å². The Morgan fingerprint density at radius 1 is 1.15 bits per heavy atom. The standard InChI is InChI=1S/C15H21BF2O2/c1-2-3-10-4-6-11(7-5-10)12-8-9-13(17)14(15(12)18)16(19)20/h8-11,19-20H,2-7H2,1H3. The quantitative estimate of drug-likeness (QED) is 0.834. The molecule has 0 heterocycles. The van der Waals surface area contributed by atoms with Gasteiger partial charge in [-0.15, -0.1) is 0 Å². The summed E-state index contributed by atoms with van der Waals surface area (Å²) >= 11 is 0. The maximum Gasteiger partial charge on any atom is 0.494 e. The molecule has 1 aromatic carbocycles. The van der Waals surface area contributed by atoms with Crippen molar-refractivity contribution in [2.24, 2.45) is 5.92 Å². The summed E-state index contributed by atoms with van der Waals surface area (Å²) in [7, 11) is -2.11. The highest BCUT2D eigenvalue weighted by Gasteiger charge is 2.29. The lowest BCUT2D eigenvalue weighted by Gasteiger charge is -2.29. The van der Waals surface area contributed by atoms with Crippen LogP contribution in [0.5, 0.6) is 0 Å². The first-order valence-electron chi connectivity index (χ1n) is 7.38. The molecule has 0 radical (unpaired) electrons. The molecule has 1 aromatic rings. The van der Waals surface area contributed by atoms with Crippen LogP contribution in [0.25, 0.3) is 0 Å². The van der Waals surface area contributed by atoms with E-state index < -0.39 is 24.2 Å². The van der Waals surface area contributed by atoms with Gasteiger partial charge in [0, 0.05) is 0 Å². The van der Waals surface area contributed by atoms with Crippen LogP contribution in [0.1, 0.15) is 56.9 Å². The molecule has 0 bridgehead atoms. The Morgan fingerprint density at radius 2 is 1.80 bits per heavy atom. The van der Waals surface area contributed by atoms with E-state index in [1.807, 2.05) is 0 Å². The van der Waals surface area contributed by atoms with E-state index in [4.69, 9.17) is 10.0 Å². The first-order chi connectivity index (χ1) is 9.54. The van der Waals surface area contributed by atoms with Gasteiger partial charge in [0.15, 0.2) is 0 Å². The Hall–Kier alpha value is -0.935. The molecule has 0 amide bonds. The van der Waals surface area contributed by atoms with E-state index >= 15 is 0 Å². The van der Waals surface area contributed by atoms with Gasteiger partial charge in [-0.3, -0.25) is 0 Å². The van der Waals surface area contributed by atoms with E-state index in [2.05, 4.69) is 6.92 Å². The molecule has 0 unspecified atom stereocenters. The Labute approximate surface area is 119 Å². The highest BCUT2D eigenvalue weighted by molar-refractivity contribution is 6.58. The summed E-state index contributed by atoms with van der Waals surface area (Å²) in [5.74, 6) is -0.927. The van der Waals surface area contributed by atoms with Gasteiger partial charge in [-0.2, -0.15) is 0 Å². The van der Waals surface area contributed by atoms with Crippen molar-refractivity contribution in [1.82, 2.24) is 0 Å². The van der Waals surface area contributed by atoms with Crippen LogP contribution in [0.2, 0.25) is 0 Å². The largest absolute Gasteiger partial charge is 0.494 e. The van der Waals surface area contributed by atoms with Crippen LogP contribution in [0.15, 0.2) is 12.1 Å². The SMILES string of the molecule is CCCC1CCC(c2ccc(F)c(B(O)O)c2F)CC1. The lowest BCUT2D eigenvalue weighted by Crippen LogP contribution is -2.37. The Kier molecular flexibility index (Phi) is 5.16. The van der Waals surface area contributed by atoms with Gasteiger partial charge in [0.1, 0.15) is 11.6 Å². The first-order valence-corrected chi connectivity index (χ1v) is 7.38. The Balaban J connectivity index is 2.16. The Morgan fingerprint density at radius 3 is 2.35 bits per heavy atom. The van der Waals surface area contributed by atoms with Gasteiger partial charge in [0.05, 0.1) is 5.46 Å². The van der Waals surface area contributed by atoms with E-state index in [1.165, 1.54) is 18.9 Å². The summed E-state index contributed by atoms with van der Waals surface area (Å²) in [6.07, 6.45) is 6.27. The summed E-state index contributed by atoms with van der Waals surface area (Å²) in [6.45, 7) is 2.17. The zero-order chi connectivity index (χ0) is 14.7. The highest BCUT2D eigenvalue weighted by Crippen LogP contribution is 2.38. The number of halogens is 2. The van der Waals surface area contributed by atoms with Crippen molar-refractivity contribution in [3.8, 4) is 0 Å². The lowest BCUT2D eigenvalue weighted by molar-refractivity contribution is 0.304. The van der Waals surface area contributed by atoms with Crippen molar-refractivity contribution >= 4 is 12.6 Å². The van der Waals surface area contributed by atoms with Crippen LogP contribution in [0, 0.1) is 17.6 Å². The summed E-state index contributed by atoms with van der Waals surface area (Å²) in [5, 5.41) is 18.2. The molecule has 2 nitrogen and oxygen atoms in total. The van der Waals surface area contributed by atoms with Crippen molar-refractivity contribution in [1.29, 1.82) is 0 Å². The monoisotopic (exact) mass is 282 g/mol. The van der Waals surface area contributed by atoms with Crippen LogP contribution < -0.4 is 5.46 Å². The molecule has 110 valence electrons. The third kappa shape index (κ3) is 3.21. The number of benzene rings is 1. The molecule has 1 aliphatic carbocycles. The average Bonchev–Trinajstić information content (AvgIpc) is 2.40. The topological polar surface area (TPSA) is 40.5 Å². The minimum atomic E-state index is -2.11. The molecule has 0 aromatic heterocycles. The second-order valence-electron chi connectivity index (χ2n) is 5.74. The van der Waals surface area contributed by atoms with Crippen molar-refractivity contribution in [2.45, 2.75) is 51.4 Å². The van der Waals surface area contributed by atoms with E-state index in [0.29, 0.717) is 11.5 Å². The molecule has 0 atom stereocenters. The van der Waals surface area contributed by atoms with Crippen LogP contribution >= 0.6 is 0 Å². The summed E-state index contributed by atoms with van der Waals surface area (Å²) in [4.78, 5) is 0. The van der Waals surface area contributed by atoms with Crippen LogP contribution in [0.4, 0.5) is 8.78 Å². The average molecular weight is 282 g/mol. The molecule has 1 aliphatic rings. The van der Waals surface area contributed by atoms with Gasteiger partial charge in [0.2, 0.25) is 0 Å². The third-order valence-electron chi connectivity index (χ3n) is 4.40. The second kappa shape index (κ2) is 6.68. The zero-order valence-corrected chi connectivity index (χ0v) is 11.8. The molecule has 2 N–H and O–H groups in total. The van der Waals surface area contributed by atoms with Crippen molar-refractivity contribution in [3.63, 3.8) is 0 Å². The molecule has 2 rings (SSSR count). The predicted octanol–water partition coefficient (Wildman–Crippen LogP) is 2.72. The Bertz CT molecular complexity index is 457. The van der Waals surface area contributed by atoms with Crippen LogP contribution in [-0.4, -0.2) is 17.2 Å². The predicted molar refractivity (Wildman–Crippen MR) is 75.8 cm³/mol. The summed E-state index contributed by atoms with van der Waals surface area (Å²) < 4.78 is 27.7. The van der Waals surface area contributed by atoms with Crippen molar-refractivity contribution in [3.05, 3.63) is 29.3 Å². The minimum absolute atomic E-state index is 0.0567. The van der Waals surface area contributed by atoms with Gasteiger partial charge in [-0.1, -0.05) is 25.8 Å². The van der Waals surface area contributed by atoms with E-state index in [-0.39, 0.29) is 5.92 Å². The summed E-state index contributed by atoms with van der Waals surface area (Å²) in [5.41, 5.74) is -0.206. The normalized spacial score (nSPS) is 22.9. The molecular weight excluding hydrogens is 261 g/mol. The van der Waals surface area contributed by atoms with E-state index in [9.17, 15) is 8.78 Å². The molecule has 1 saturated carbocycles. The highest BCUT2D eigenvalue weighted by atomic mass is 19.1. The zero-order valence-electron chi connectivity index (χ0n) is 11.8. The molecular formula is C15H21BF2O2. The summed E-state index contributed by atoms with van der Waals surface area (Å²) in [6, 6.07) is 2.58. The molecule has 20 heavy (non-hydrogen) atoms. The van der Waals surface area contributed by atoms with Gasteiger partial charge >= 0.3 is 7.12 Å². The molecule has 5 heteroatoms. The van der Waals surface area contributed by atoms with Crippen LogP contribution in [0.3, 0.4) is 0 Å². The molecule has 0 saturated heterocycles. The van der Waals surface area contributed by atoms with Crippen molar-refractivity contribution in [2.75, 3.05) is 0 Å². The third-order valence-corrected chi connectivity index (χ3v) is 4.40. The fourth-order valence-corrected chi connectivity index (χ4v) is 3.31. The van der Waals surface area contributed by atoms with Gasteiger partial charge in [0.25, 0.3) is 0 Å². The maximum absolute atomic E-state index is 14.3. The minimum Gasteiger partial charge on any atom is -0.423 e. The molecule has 1 fully saturated rings. The fraction of sp³-hybridized carbons (Fsp3) is 0.600. The van der Waals surface area contributed by atoms with E-state index in [0.717, 1.165) is 31.7 Å². The number of hydrogen-bond donors (Lipinski definition) is 2. The first kappa shape index (κ1) is 15.5.